The normalized spacial score (nSPS) is 23.2. The largest absolute Gasteiger partial charge is 0.460 e. The monoisotopic (exact) mass is 290 g/mol. The zero-order valence-electron chi connectivity index (χ0n) is 13.2. The molecule has 1 aliphatic rings. The van der Waals surface area contributed by atoms with Crippen LogP contribution in [0.3, 0.4) is 0 Å². The molecule has 1 aliphatic heterocycles. The molecule has 0 spiro atoms. The highest BCUT2D eigenvalue weighted by Gasteiger charge is 2.39. The summed E-state index contributed by atoms with van der Waals surface area (Å²) in [6.07, 6.45) is 0.823. The summed E-state index contributed by atoms with van der Waals surface area (Å²) in [5, 5.41) is 0. The Balaban J connectivity index is 2.02. The van der Waals surface area contributed by atoms with Crippen molar-refractivity contribution >= 4 is 5.97 Å². The van der Waals surface area contributed by atoms with E-state index in [9.17, 15) is 4.79 Å². The summed E-state index contributed by atoms with van der Waals surface area (Å²) in [5.41, 5.74) is 6.73. The van der Waals surface area contributed by atoms with E-state index in [1.807, 2.05) is 39.0 Å². The Hall–Kier alpha value is -1.39. The van der Waals surface area contributed by atoms with Crippen molar-refractivity contribution < 1.29 is 9.53 Å². The van der Waals surface area contributed by atoms with Crippen LogP contribution in [0.15, 0.2) is 30.3 Å². The van der Waals surface area contributed by atoms with Gasteiger partial charge in [0.15, 0.2) is 0 Å². The van der Waals surface area contributed by atoms with Crippen LogP contribution in [0.25, 0.3) is 0 Å². The van der Waals surface area contributed by atoms with Gasteiger partial charge in [-0.1, -0.05) is 30.3 Å². The van der Waals surface area contributed by atoms with Crippen molar-refractivity contribution in [2.75, 3.05) is 13.1 Å². The molecule has 0 saturated carbocycles. The molecule has 1 saturated heterocycles. The van der Waals surface area contributed by atoms with Gasteiger partial charge in [0.05, 0.1) is 5.92 Å². The molecule has 2 rings (SSSR count). The fraction of sp³-hybridized carbons (Fsp3) is 0.588. The van der Waals surface area contributed by atoms with Crippen molar-refractivity contribution in [3.8, 4) is 0 Å². The third kappa shape index (κ3) is 4.29. The highest BCUT2D eigenvalue weighted by atomic mass is 16.6. The van der Waals surface area contributed by atoms with E-state index in [4.69, 9.17) is 10.5 Å². The van der Waals surface area contributed by atoms with E-state index < -0.39 is 5.60 Å². The smallest absolute Gasteiger partial charge is 0.311 e. The number of likely N-dealkylation sites (tertiary alicyclic amines) is 1. The third-order valence-corrected chi connectivity index (χ3v) is 3.84. The molecular formula is C17H26N2O2. The number of esters is 1. The zero-order valence-corrected chi connectivity index (χ0v) is 13.2. The molecule has 1 fully saturated rings. The van der Waals surface area contributed by atoms with Gasteiger partial charge in [-0.2, -0.15) is 0 Å². The number of nitrogens with two attached hydrogens (primary N) is 1. The van der Waals surface area contributed by atoms with E-state index in [-0.39, 0.29) is 17.9 Å². The minimum atomic E-state index is -0.441. The standard InChI is InChI=1S/C17H26N2O2/c1-17(2,3)21-16(20)14-9-10-19(15(14)11-18)12-13-7-5-4-6-8-13/h4-8,14-15H,9-12,18H2,1-3H3/t14-,15-/m1/s1. The number of benzene rings is 1. The number of carbonyl (C=O) groups excluding carboxylic acids is 1. The third-order valence-electron chi connectivity index (χ3n) is 3.84. The maximum atomic E-state index is 12.3. The lowest BCUT2D eigenvalue weighted by Gasteiger charge is -2.28. The summed E-state index contributed by atoms with van der Waals surface area (Å²) in [6.45, 7) is 7.91. The molecular weight excluding hydrogens is 264 g/mol. The summed E-state index contributed by atoms with van der Waals surface area (Å²) in [7, 11) is 0. The van der Waals surface area contributed by atoms with Gasteiger partial charge in [-0.15, -0.1) is 0 Å². The van der Waals surface area contributed by atoms with Gasteiger partial charge in [0.1, 0.15) is 5.60 Å². The van der Waals surface area contributed by atoms with Gasteiger partial charge >= 0.3 is 5.97 Å². The minimum Gasteiger partial charge on any atom is -0.460 e. The molecule has 4 heteroatoms. The molecule has 1 heterocycles. The molecule has 1 aromatic rings. The zero-order chi connectivity index (χ0) is 15.5. The molecule has 0 aromatic heterocycles. The average Bonchev–Trinajstić information content (AvgIpc) is 2.81. The van der Waals surface area contributed by atoms with Crippen LogP contribution in [0.1, 0.15) is 32.8 Å². The van der Waals surface area contributed by atoms with Crippen LogP contribution in [0.5, 0.6) is 0 Å². The lowest BCUT2D eigenvalue weighted by molar-refractivity contribution is -0.160. The molecule has 0 bridgehead atoms. The van der Waals surface area contributed by atoms with Crippen molar-refractivity contribution in [2.45, 2.75) is 45.4 Å². The second-order valence-corrected chi connectivity index (χ2v) is 6.69. The minimum absolute atomic E-state index is 0.0695. The molecule has 0 aliphatic carbocycles. The molecule has 116 valence electrons. The van der Waals surface area contributed by atoms with Crippen molar-refractivity contribution in [1.29, 1.82) is 0 Å². The number of carbonyl (C=O) groups is 1. The van der Waals surface area contributed by atoms with E-state index in [0.29, 0.717) is 6.54 Å². The van der Waals surface area contributed by atoms with Crippen molar-refractivity contribution in [3.63, 3.8) is 0 Å². The summed E-state index contributed by atoms with van der Waals surface area (Å²) >= 11 is 0. The van der Waals surface area contributed by atoms with Crippen LogP contribution >= 0.6 is 0 Å². The Morgan fingerprint density at radius 3 is 2.57 bits per heavy atom. The first-order chi connectivity index (χ1) is 9.90. The number of ether oxygens (including phenoxy) is 1. The van der Waals surface area contributed by atoms with Crippen LogP contribution < -0.4 is 5.73 Å². The number of hydrogen-bond donors (Lipinski definition) is 1. The maximum absolute atomic E-state index is 12.3. The summed E-state index contributed by atoms with van der Waals surface area (Å²) < 4.78 is 5.53. The molecule has 21 heavy (non-hydrogen) atoms. The van der Waals surface area contributed by atoms with Crippen LogP contribution in [0.2, 0.25) is 0 Å². The lowest BCUT2D eigenvalue weighted by Crippen LogP contribution is -2.42. The van der Waals surface area contributed by atoms with Crippen molar-refractivity contribution in [2.24, 2.45) is 11.7 Å². The van der Waals surface area contributed by atoms with Crippen molar-refractivity contribution in [1.82, 2.24) is 4.90 Å². The van der Waals surface area contributed by atoms with Gasteiger partial charge in [0, 0.05) is 19.1 Å². The molecule has 4 nitrogen and oxygen atoms in total. The Morgan fingerprint density at radius 1 is 1.33 bits per heavy atom. The first-order valence-electron chi connectivity index (χ1n) is 7.61. The SMILES string of the molecule is CC(C)(C)OC(=O)[C@@H]1CCN(Cc2ccccc2)[C@@H]1CN. The molecule has 2 N–H and O–H groups in total. The van der Waals surface area contributed by atoms with Gasteiger partial charge in [0.25, 0.3) is 0 Å². The Kier molecular flexibility index (Phi) is 5.01. The topological polar surface area (TPSA) is 55.6 Å². The van der Waals surface area contributed by atoms with Crippen LogP contribution in [0, 0.1) is 5.92 Å². The summed E-state index contributed by atoms with van der Waals surface area (Å²) in [6, 6.07) is 10.4. The number of hydrogen-bond acceptors (Lipinski definition) is 4. The summed E-state index contributed by atoms with van der Waals surface area (Å²) in [4.78, 5) is 14.6. The van der Waals surface area contributed by atoms with E-state index in [1.165, 1.54) is 5.56 Å². The second kappa shape index (κ2) is 6.58. The first-order valence-corrected chi connectivity index (χ1v) is 7.61. The van der Waals surface area contributed by atoms with E-state index >= 15 is 0 Å². The number of rotatable bonds is 4. The van der Waals surface area contributed by atoms with E-state index in [1.54, 1.807) is 0 Å². The maximum Gasteiger partial charge on any atom is 0.311 e. The summed E-state index contributed by atoms with van der Waals surface area (Å²) in [5.74, 6) is -0.230. The number of nitrogens with zero attached hydrogens (tertiary/aromatic N) is 1. The van der Waals surface area contributed by atoms with Crippen LogP contribution in [0.4, 0.5) is 0 Å². The molecule has 0 radical (unpaired) electrons. The van der Waals surface area contributed by atoms with Crippen molar-refractivity contribution in [3.05, 3.63) is 35.9 Å². The second-order valence-electron chi connectivity index (χ2n) is 6.69. The predicted octanol–water partition coefficient (Wildman–Crippen LogP) is 2.18. The molecule has 2 atom stereocenters. The molecule has 1 aromatic carbocycles. The fourth-order valence-corrected chi connectivity index (χ4v) is 2.90. The van der Waals surface area contributed by atoms with E-state index in [2.05, 4.69) is 17.0 Å². The highest BCUT2D eigenvalue weighted by molar-refractivity contribution is 5.74. The highest BCUT2D eigenvalue weighted by Crippen LogP contribution is 2.28. The predicted molar refractivity (Wildman–Crippen MR) is 83.6 cm³/mol. The van der Waals surface area contributed by atoms with Gasteiger partial charge < -0.3 is 10.5 Å². The molecule has 0 amide bonds. The fourth-order valence-electron chi connectivity index (χ4n) is 2.90. The average molecular weight is 290 g/mol. The Morgan fingerprint density at radius 2 is 2.00 bits per heavy atom. The van der Waals surface area contributed by atoms with Gasteiger partial charge in [0.2, 0.25) is 0 Å². The van der Waals surface area contributed by atoms with Gasteiger partial charge in [-0.3, -0.25) is 9.69 Å². The Labute approximate surface area is 127 Å². The van der Waals surface area contributed by atoms with Gasteiger partial charge in [-0.25, -0.2) is 0 Å². The quantitative estimate of drug-likeness (QED) is 0.864. The first kappa shape index (κ1) is 16.0. The van der Waals surface area contributed by atoms with Crippen LogP contribution in [-0.2, 0) is 16.1 Å². The van der Waals surface area contributed by atoms with E-state index in [0.717, 1.165) is 19.5 Å². The lowest BCUT2D eigenvalue weighted by atomic mass is 10.00. The van der Waals surface area contributed by atoms with Crippen LogP contribution in [-0.4, -0.2) is 35.6 Å². The molecule has 0 unspecified atom stereocenters. The van der Waals surface area contributed by atoms with Gasteiger partial charge in [-0.05, 0) is 39.3 Å². The Bertz CT molecular complexity index is 467.